The molecule has 0 unspecified atom stereocenters. The minimum atomic E-state index is -0.375. The Hall–Kier alpha value is -3.81. The molecule has 4 aromatic rings. The molecular weight excluding hydrogens is 394 g/mol. The van der Waals surface area contributed by atoms with Gasteiger partial charge >= 0.3 is 5.69 Å². The quantitative estimate of drug-likeness (QED) is 0.510. The Balaban J connectivity index is 1.69. The summed E-state index contributed by atoms with van der Waals surface area (Å²) >= 11 is 0. The summed E-state index contributed by atoms with van der Waals surface area (Å²) < 4.78 is 10.2. The molecular formula is C23H23N5O3. The van der Waals surface area contributed by atoms with Gasteiger partial charge in [0, 0.05) is 20.1 Å². The van der Waals surface area contributed by atoms with Gasteiger partial charge in [0.15, 0.2) is 11.2 Å². The Morgan fingerprint density at radius 3 is 2.65 bits per heavy atom. The average Bonchev–Trinajstić information content (AvgIpc) is 3.35. The van der Waals surface area contributed by atoms with E-state index >= 15 is 0 Å². The molecule has 0 amide bonds. The predicted octanol–water partition coefficient (Wildman–Crippen LogP) is 2.41. The Kier molecular flexibility index (Phi) is 4.43. The normalized spacial score (nSPS) is 13.1. The Morgan fingerprint density at radius 2 is 1.87 bits per heavy atom. The van der Waals surface area contributed by atoms with Crippen LogP contribution in [-0.4, -0.2) is 32.3 Å². The van der Waals surface area contributed by atoms with Crippen LogP contribution < -0.4 is 20.9 Å². The number of benzene rings is 2. The summed E-state index contributed by atoms with van der Waals surface area (Å²) in [6.07, 6.45) is 0. The molecule has 0 saturated carbocycles. The number of hydrogen-bond donors (Lipinski definition) is 0. The predicted molar refractivity (Wildman–Crippen MR) is 120 cm³/mol. The molecule has 158 valence electrons. The lowest BCUT2D eigenvalue weighted by Crippen LogP contribution is -2.40. The number of hydrogen-bond acceptors (Lipinski definition) is 5. The minimum Gasteiger partial charge on any atom is -0.495 e. The molecule has 0 radical (unpaired) electrons. The summed E-state index contributed by atoms with van der Waals surface area (Å²) in [6.45, 7) is 3.48. The molecule has 1 aliphatic heterocycles. The van der Waals surface area contributed by atoms with Gasteiger partial charge in [-0.15, -0.1) is 0 Å². The molecule has 0 fully saturated rings. The largest absolute Gasteiger partial charge is 0.495 e. The smallest absolute Gasteiger partial charge is 0.332 e. The van der Waals surface area contributed by atoms with Gasteiger partial charge in [-0.3, -0.25) is 13.9 Å². The second-order valence-corrected chi connectivity index (χ2v) is 7.78. The van der Waals surface area contributed by atoms with Crippen LogP contribution in [0.3, 0.4) is 0 Å². The van der Waals surface area contributed by atoms with Gasteiger partial charge in [0.2, 0.25) is 5.95 Å². The minimum absolute atomic E-state index is 0.222. The molecule has 0 bridgehead atoms. The molecule has 2 aromatic heterocycles. The molecule has 0 saturated heterocycles. The van der Waals surface area contributed by atoms with E-state index in [1.165, 1.54) is 9.13 Å². The van der Waals surface area contributed by atoms with Gasteiger partial charge in [0.1, 0.15) is 5.75 Å². The number of ether oxygens (including phenoxy) is 1. The third kappa shape index (κ3) is 2.94. The average molecular weight is 417 g/mol. The Bertz CT molecular complexity index is 1430. The molecule has 1 aliphatic rings. The molecule has 8 heteroatoms. The summed E-state index contributed by atoms with van der Waals surface area (Å²) in [5.74, 6) is 1.37. The van der Waals surface area contributed by atoms with Crippen LogP contribution in [-0.2, 0) is 20.1 Å². The second-order valence-electron chi connectivity index (χ2n) is 7.78. The Morgan fingerprint density at radius 1 is 1.06 bits per heavy atom. The van der Waals surface area contributed by atoms with E-state index in [9.17, 15) is 9.59 Å². The highest BCUT2D eigenvalue weighted by Gasteiger charge is 2.30. The number of aromatic nitrogens is 4. The van der Waals surface area contributed by atoms with Crippen molar-refractivity contribution in [3.63, 3.8) is 0 Å². The number of rotatable bonds is 4. The fourth-order valence-corrected chi connectivity index (χ4v) is 4.29. The monoisotopic (exact) mass is 417 g/mol. The zero-order valence-electron chi connectivity index (χ0n) is 17.7. The van der Waals surface area contributed by atoms with E-state index in [0.717, 1.165) is 22.6 Å². The molecule has 3 heterocycles. The lowest BCUT2D eigenvalue weighted by Gasteiger charge is -2.18. The van der Waals surface area contributed by atoms with Crippen molar-refractivity contribution in [2.75, 3.05) is 18.6 Å². The maximum atomic E-state index is 13.4. The van der Waals surface area contributed by atoms with E-state index in [4.69, 9.17) is 9.72 Å². The van der Waals surface area contributed by atoms with Gasteiger partial charge in [-0.2, -0.15) is 4.98 Å². The van der Waals surface area contributed by atoms with Crippen molar-refractivity contribution >= 4 is 22.8 Å². The van der Waals surface area contributed by atoms with Crippen LogP contribution in [0.1, 0.15) is 11.1 Å². The van der Waals surface area contributed by atoms with Gasteiger partial charge in [-0.05, 0) is 24.6 Å². The highest BCUT2D eigenvalue weighted by Crippen LogP contribution is 2.36. The summed E-state index contributed by atoms with van der Waals surface area (Å²) in [5.41, 5.74) is 3.02. The van der Waals surface area contributed by atoms with E-state index in [0.29, 0.717) is 30.2 Å². The number of methoxy groups -OCH3 is 1. The van der Waals surface area contributed by atoms with Crippen molar-refractivity contribution in [2.45, 2.75) is 20.0 Å². The first kappa shape index (κ1) is 19.2. The fourth-order valence-electron chi connectivity index (χ4n) is 4.29. The van der Waals surface area contributed by atoms with Gasteiger partial charge in [0.05, 0.1) is 19.3 Å². The van der Waals surface area contributed by atoms with Crippen molar-refractivity contribution in [3.8, 4) is 5.75 Å². The van der Waals surface area contributed by atoms with Crippen molar-refractivity contribution in [1.82, 2.24) is 18.7 Å². The van der Waals surface area contributed by atoms with E-state index in [-0.39, 0.29) is 17.8 Å². The lowest BCUT2D eigenvalue weighted by atomic mass is 10.1. The molecule has 0 spiro atoms. The van der Waals surface area contributed by atoms with Crippen molar-refractivity contribution in [2.24, 2.45) is 7.05 Å². The third-order valence-electron chi connectivity index (χ3n) is 5.80. The third-order valence-corrected chi connectivity index (χ3v) is 5.80. The molecule has 0 N–H and O–H groups in total. The number of nitrogens with zero attached hydrogens (tertiary/aromatic N) is 5. The van der Waals surface area contributed by atoms with E-state index < -0.39 is 0 Å². The zero-order valence-corrected chi connectivity index (χ0v) is 17.7. The fraction of sp³-hybridized carbons (Fsp3) is 0.261. The van der Waals surface area contributed by atoms with Gasteiger partial charge < -0.3 is 14.2 Å². The summed E-state index contributed by atoms with van der Waals surface area (Å²) in [6, 6.07) is 15.5. The van der Waals surface area contributed by atoms with Crippen LogP contribution in [0, 0.1) is 6.92 Å². The second kappa shape index (κ2) is 7.16. The highest BCUT2D eigenvalue weighted by molar-refractivity contribution is 5.79. The number of para-hydroxylation sites is 2. The van der Waals surface area contributed by atoms with Crippen LogP contribution in [0.25, 0.3) is 11.2 Å². The maximum Gasteiger partial charge on any atom is 0.332 e. The van der Waals surface area contributed by atoms with Crippen molar-refractivity contribution in [3.05, 3.63) is 80.5 Å². The first-order valence-corrected chi connectivity index (χ1v) is 10.2. The van der Waals surface area contributed by atoms with Crippen molar-refractivity contribution in [1.29, 1.82) is 0 Å². The molecule has 0 atom stereocenters. The Labute approximate surface area is 178 Å². The number of aryl methyl sites for hydroxylation is 2. The number of anilines is 2. The molecule has 8 nitrogen and oxygen atoms in total. The van der Waals surface area contributed by atoms with Crippen molar-refractivity contribution < 1.29 is 4.74 Å². The maximum absolute atomic E-state index is 13.4. The first-order valence-electron chi connectivity index (χ1n) is 10.2. The highest BCUT2D eigenvalue weighted by atomic mass is 16.5. The van der Waals surface area contributed by atoms with Crippen LogP contribution in [0.5, 0.6) is 5.75 Å². The number of fused-ring (bicyclic) bond motifs is 3. The molecule has 2 aromatic carbocycles. The van der Waals surface area contributed by atoms with E-state index in [1.54, 1.807) is 14.2 Å². The molecule has 5 rings (SSSR count). The first-order chi connectivity index (χ1) is 15.0. The van der Waals surface area contributed by atoms with Gasteiger partial charge in [-0.1, -0.05) is 42.0 Å². The summed E-state index contributed by atoms with van der Waals surface area (Å²) in [7, 11) is 3.29. The van der Waals surface area contributed by atoms with E-state index in [1.807, 2.05) is 64.9 Å². The van der Waals surface area contributed by atoms with Crippen LogP contribution in [0.15, 0.2) is 58.1 Å². The van der Waals surface area contributed by atoms with Gasteiger partial charge in [0.25, 0.3) is 5.56 Å². The number of imidazole rings is 1. The van der Waals surface area contributed by atoms with Crippen LogP contribution >= 0.6 is 0 Å². The topological polar surface area (TPSA) is 74.3 Å². The lowest BCUT2D eigenvalue weighted by molar-refractivity contribution is 0.415. The molecule has 0 aliphatic carbocycles. The standard InChI is InChI=1S/C23H23N5O3/c1-15-7-6-8-16(13-15)14-28-21(29)19-20(25(2)23(28)30)24-22-26(11-12-27(19)22)17-9-4-5-10-18(17)31-3/h4-10,13H,11-12,14H2,1-3H3. The molecule has 31 heavy (non-hydrogen) atoms. The van der Waals surface area contributed by atoms with Gasteiger partial charge in [-0.25, -0.2) is 4.79 Å². The summed E-state index contributed by atoms with van der Waals surface area (Å²) in [5, 5.41) is 0. The van der Waals surface area contributed by atoms with E-state index in [2.05, 4.69) is 0 Å². The zero-order chi connectivity index (χ0) is 21.7. The van der Waals surface area contributed by atoms with Crippen LogP contribution in [0.2, 0.25) is 0 Å². The summed E-state index contributed by atoms with van der Waals surface area (Å²) in [4.78, 5) is 33.2. The van der Waals surface area contributed by atoms with Crippen LogP contribution in [0.4, 0.5) is 11.6 Å². The SMILES string of the molecule is COc1ccccc1N1CCn2c1nc1c2c(=O)n(Cc2cccc(C)c2)c(=O)n1C.